The Morgan fingerprint density at radius 3 is 2.71 bits per heavy atom. The molecule has 1 saturated heterocycles. The number of hydrogen-bond acceptors (Lipinski definition) is 3. The summed E-state index contributed by atoms with van der Waals surface area (Å²) >= 11 is 0. The highest BCUT2D eigenvalue weighted by Crippen LogP contribution is 2.40. The van der Waals surface area contributed by atoms with Crippen molar-refractivity contribution in [3.63, 3.8) is 0 Å². The van der Waals surface area contributed by atoms with E-state index < -0.39 is 0 Å². The second-order valence-electron chi connectivity index (χ2n) is 6.45. The fourth-order valence-corrected chi connectivity index (χ4v) is 3.62. The largest absolute Gasteiger partial charge is 0.494 e. The third-order valence-electron chi connectivity index (χ3n) is 4.71. The van der Waals surface area contributed by atoms with E-state index in [-0.39, 0.29) is 5.60 Å². The summed E-state index contributed by atoms with van der Waals surface area (Å²) in [5.41, 5.74) is 1.37. The summed E-state index contributed by atoms with van der Waals surface area (Å²) in [4.78, 5) is 0. The van der Waals surface area contributed by atoms with Crippen LogP contribution in [0.5, 0.6) is 5.75 Å². The van der Waals surface area contributed by atoms with Gasteiger partial charge in [-0.15, -0.1) is 0 Å². The highest BCUT2D eigenvalue weighted by molar-refractivity contribution is 5.47. The molecule has 1 unspecified atom stereocenters. The van der Waals surface area contributed by atoms with Crippen molar-refractivity contribution in [2.45, 2.75) is 63.5 Å². The molecule has 2 aliphatic rings. The Balaban J connectivity index is 1.55. The number of benzene rings is 1. The zero-order valence-corrected chi connectivity index (χ0v) is 13.1. The quantitative estimate of drug-likeness (QED) is 0.872. The summed E-state index contributed by atoms with van der Waals surface area (Å²) in [6.45, 7) is 3.81. The Labute approximate surface area is 128 Å². The topological polar surface area (TPSA) is 30.5 Å². The van der Waals surface area contributed by atoms with Crippen molar-refractivity contribution in [2.75, 3.05) is 18.5 Å². The second kappa shape index (κ2) is 6.69. The lowest BCUT2D eigenvalue weighted by atomic mass is 9.89. The smallest absolute Gasteiger partial charge is 0.119 e. The SMILES string of the molecule is CCCOc1ccc(NC2CCOC3(CCCC3)C2)cc1. The first-order chi connectivity index (χ1) is 10.3. The van der Waals surface area contributed by atoms with Crippen LogP contribution in [0.3, 0.4) is 0 Å². The van der Waals surface area contributed by atoms with Gasteiger partial charge >= 0.3 is 0 Å². The van der Waals surface area contributed by atoms with Crippen LogP contribution >= 0.6 is 0 Å². The third kappa shape index (κ3) is 3.70. The molecule has 1 aromatic carbocycles. The molecule has 21 heavy (non-hydrogen) atoms. The Hall–Kier alpha value is -1.22. The van der Waals surface area contributed by atoms with Crippen LogP contribution in [0.2, 0.25) is 0 Å². The molecule has 1 aliphatic carbocycles. The highest BCUT2D eigenvalue weighted by atomic mass is 16.5. The van der Waals surface area contributed by atoms with Gasteiger partial charge in [-0.25, -0.2) is 0 Å². The van der Waals surface area contributed by atoms with E-state index in [0.717, 1.165) is 38.2 Å². The molecule has 1 atom stereocenters. The molecular weight excluding hydrogens is 262 g/mol. The van der Waals surface area contributed by atoms with Gasteiger partial charge in [0.1, 0.15) is 5.75 Å². The lowest BCUT2D eigenvalue weighted by molar-refractivity contribution is -0.0767. The lowest BCUT2D eigenvalue weighted by Crippen LogP contribution is -2.42. The van der Waals surface area contributed by atoms with Gasteiger partial charge in [-0.2, -0.15) is 0 Å². The van der Waals surface area contributed by atoms with Crippen molar-refractivity contribution in [3.8, 4) is 5.75 Å². The fraction of sp³-hybridized carbons (Fsp3) is 0.667. The lowest BCUT2D eigenvalue weighted by Gasteiger charge is -2.39. The molecule has 1 saturated carbocycles. The number of hydrogen-bond donors (Lipinski definition) is 1. The van der Waals surface area contributed by atoms with Gasteiger partial charge in [-0.3, -0.25) is 0 Å². The minimum atomic E-state index is 0.181. The molecule has 1 aliphatic heterocycles. The van der Waals surface area contributed by atoms with Gasteiger partial charge in [0.05, 0.1) is 12.2 Å². The van der Waals surface area contributed by atoms with Crippen LogP contribution in [-0.4, -0.2) is 24.9 Å². The molecular formula is C18H27NO2. The van der Waals surface area contributed by atoms with Crippen LogP contribution in [0, 0.1) is 0 Å². The van der Waals surface area contributed by atoms with Gasteiger partial charge < -0.3 is 14.8 Å². The monoisotopic (exact) mass is 289 g/mol. The summed E-state index contributed by atoms with van der Waals surface area (Å²) in [6.07, 6.45) is 8.46. The third-order valence-corrected chi connectivity index (χ3v) is 4.71. The summed E-state index contributed by atoms with van der Waals surface area (Å²) in [6, 6.07) is 8.91. The van der Waals surface area contributed by atoms with Crippen molar-refractivity contribution in [3.05, 3.63) is 24.3 Å². The Bertz CT molecular complexity index is 437. The van der Waals surface area contributed by atoms with Gasteiger partial charge in [-0.05, 0) is 56.4 Å². The van der Waals surface area contributed by atoms with E-state index in [2.05, 4.69) is 36.5 Å². The molecule has 3 heteroatoms. The standard InChI is InChI=1S/C18H27NO2/c1-2-12-20-17-7-5-15(6-8-17)19-16-9-13-21-18(14-16)10-3-4-11-18/h5-8,16,19H,2-4,9-14H2,1H3. The molecule has 0 bridgehead atoms. The predicted molar refractivity (Wildman–Crippen MR) is 86.0 cm³/mol. The molecule has 0 aromatic heterocycles. The molecule has 2 fully saturated rings. The van der Waals surface area contributed by atoms with Crippen molar-refractivity contribution in [1.29, 1.82) is 0 Å². The van der Waals surface area contributed by atoms with Crippen LogP contribution in [-0.2, 0) is 4.74 Å². The average Bonchev–Trinajstić information content (AvgIpc) is 2.94. The van der Waals surface area contributed by atoms with Crippen LogP contribution in [0.4, 0.5) is 5.69 Å². The van der Waals surface area contributed by atoms with Crippen molar-refractivity contribution in [1.82, 2.24) is 0 Å². The van der Waals surface area contributed by atoms with Gasteiger partial charge in [0.15, 0.2) is 0 Å². The second-order valence-corrected chi connectivity index (χ2v) is 6.45. The van der Waals surface area contributed by atoms with Crippen molar-refractivity contribution >= 4 is 5.69 Å². The first kappa shape index (κ1) is 14.7. The van der Waals surface area contributed by atoms with E-state index >= 15 is 0 Å². The molecule has 3 nitrogen and oxygen atoms in total. The van der Waals surface area contributed by atoms with E-state index in [1.807, 2.05) is 0 Å². The van der Waals surface area contributed by atoms with Crippen LogP contribution in [0.1, 0.15) is 51.9 Å². The predicted octanol–water partition coefficient (Wildman–Crippen LogP) is 4.38. The van der Waals surface area contributed by atoms with Crippen LogP contribution in [0.15, 0.2) is 24.3 Å². The fourth-order valence-electron chi connectivity index (χ4n) is 3.62. The molecule has 3 rings (SSSR count). The number of rotatable bonds is 5. The molecule has 1 heterocycles. The van der Waals surface area contributed by atoms with E-state index in [1.165, 1.54) is 31.4 Å². The maximum Gasteiger partial charge on any atom is 0.119 e. The first-order valence-electron chi connectivity index (χ1n) is 8.43. The minimum Gasteiger partial charge on any atom is -0.494 e. The summed E-state index contributed by atoms with van der Waals surface area (Å²) in [5.74, 6) is 0.960. The van der Waals surface area contributed by atoms with Gasteiger partial charge in [-0.1, -0.05) is 19.8 Å². The normalized spacial score (nSPS) is 24.1. The van der Waals surface area contributed by atoms with Gasteiger partial charge in [0, 0.05) is 18.3 Å². The molecule has 116 valence electrons. The van der Waals surface area contributed by atoms with Gasteiger partial charge in [0.25, 0.3) is 0 Å². The maximum atomic E-state index is 6.10. The van der Waals surface area contributed by atoms with Crippen LogP contribution in [0.25, 0.3) is 0 Å². The summed E-state index contributed by atoms with van der Waals surface area (Å²) in [5, 5.41) is 3.68. The van der Waals surface area contributed by atoms with E-state index in [9.17, 15) is 0 Å². The van der Waals surface area contributed by atoms with Gasteiger partial charge in [0.2, 0.25) is 0 Å². The molecule has 1 aromatic rings. The highest BCUT2D eigenvalue weighted by Gasteiger charge is 2.39. The van der Waals surface area contributed by atoms with Crippen LogP contribution < -0.4 is 10.1 Å². The number of anilines is 1. The van der Waals surface area contributed by atoms with E-state index in [0.29, 0.717) is 6.04 Å². The molecule has 1 spiro atoms. The minimum absolute atomic E-state index is 0.181. The summed E-state index contributed by atoms with van der Waals surface area (Å²) in [7, 11) is 0. The Kier molecular flexibility index (Phi) is 4.69. The van der Waals surface area contributed by atoms with Crippen molar-refractivity contribution in [2.24, 2.45) is 0 Å². The molecule has 0 radical (unpaired) electrons. The number of ether oxygens (including phenoxy) is 2. The zero-order valence-electron chi connectivity index (χ0n) is 13.1. The Morgan fingerprint density at radius 1 is 1.24 bits per heavy atom. The zero-order chi connectivity index (χ0) is 14.5. The summed E-state index contributed by atoms with van der Waals surface area (Å²) < 4.78 is 11.7. The number of nitrogens with one attached hydrogen (secondary N) is 1. The molecule has 1 N–H and O–H groups in total. The Morgan fingerprint density at radius 2 is 2.00 bits per heavy atom. The average molecular weight is 289 g/mol. The maximum absolute atomic E-state index is 6.10. The first-order valence-corrected chi connectivity index (χ1v) is 8.43. The van der Waals surface area contributed by atoms with E-state index in [1.54, 1.807) is 0 Å². The van der Waals surface area contributed by atoms with E-state index in [4.69, 9.17) is 9.47 Å². The molecule has 0 amide bonds. The van der Waals surface area contributed by atoms with Crippen molar-refractivity contribution < 1.29 is 9.47 Å².